The van der Waals surface area contributed by atoms with Crippen molar-refractivity contribution in [2.75, 3.05) is 26.4 Å². The number of aryl methyl sites for hydroxylation is 2. The summed E-state index contributed by atoms with van der Waals surface area (Å²) in [4.78, 5) is 30.4. The summed E-state index contributed by atoms with van der Waals surface area (Å²) in [6.07, 6.45) is 1.38. The molecule has 2 atom stereocenters. The minimum atomic E-state index is -0.247. The first-order valence-corrected chi connectivity index (χ1v) is 11.3. The molecule has 2 aliphatic rings. The van der Waals surface area contributed by atoms with Gasteiger partial charge < -0.3 is 19.7 Å². The van der Waals surface area contributed by atoms with Gasteiger partial charge in [0.2, 0.25) is 0 Å². The standard InChI is InChI=1S/C23H26Cl2N2O4/c1-12-7-13(2)26-22(29)17(12)9-27-5-3-15-19(24)8-16(21(25)20(15)23(27)30)18(10-28)14-4-6-31-11-14/h7-8,14,18,28H,3-6,9-11H2,1-2H3,(H,26,29)/t14-,18+/m1/s1. The summed E-state index contributed by atoms with van der Waals surface area (Å²) < 4.78 is 5.48. The molecule has 1 amide bonds. The van der Waals surface area contributed by atoms with Crippen molar-refractivity contribution in [1.29, 1.82) is 0 Å². The van der Waals surface area contributed by atoms with Crippen LogP contribution in [0.25, 0.3) is 0 Å². The monoisotopic (exact) mass is 464 g/mol. The van der Waals surface area contributed by atoms with Gasteiger partial charge in [-0.25, -0.2) is 0 Å². The number of aromatic amines is 1. The predicted molar refractivity (Wildman–Crippen MR) is 120 cm³/mol. The lowest BCUT2D eigenvalue weighted by Crippen LogP contribution is -2.39. The van der Waals surface area contributed by atoms with E-state index in [0.717, 1.165) is 23.2 Å². The topological polar surface area (TPSA) is 82.6 Å². The number of hydrogen-bond donors (Lipinski definition) is 2. The lowest BCUT2D eigenvalue weighted by molar-refractivity contribution is 0.0726. The molecule has 166 valence electrons. The molecular weight excluding hydrogens is 439 g/mol. The van der Waals surface area contributed by atoms with E-state index in [9.17, 15) is 14.7 Å². The summed E-state index contributed by atoms with van der Waals surface area (Å²) in [6.45, 7) is 5.46. The molecule has 31 heavy (non-hydrogen) atoms. The van der Waals surface area contributed by atoms with Crippen molar-refractivity contribution < 1.29 is 14.6 Å². The summed E-state index contributed by atoms with van der Waals surface area (Å²) >= 11 is 13.3. The number of amides is 1. The quantitative estimate of drug-likeness (QED) is 0.707. The Hall–Kier alpha value is -1.86. The molecule has 1 fully saturated rings. The van der Waals surface area contributed by atoms with Crippen LogP contribution in [-0.4, -0.2) is 47.3 Å². The van der Waals surface area contributed by atoms with Gasteiger partial charge in [-0.2, -0.15) is 0 Å². The third-order valence-electron chi connectivity index (χ3n) is 6.45. The molecule has 1 saturated heterocycles. The zero-order valence-electron chi connectivity index (χ0n) is 17.6. The molecule has 0 unspecified atom stereocenters. The number of ether oxygens (including phenoxy) is 1. The van der Waals surface area contributed by atoms with E-state index in [1.165, 1.54) is 0 Å². The van der Waals surface area contributed by atoms with Crippen LogP contribution in [0.5, 0.6) is 0 Å². The Balaban J connectivity index is 1.71. The van der Waals surface area contributed by atoms with E-state index in [1.54, 1.807) is 11.0 Å². The van der Waals surface area contributed by atoms with Crippen molar-refractivity contribution in [3.05, 3.63) is 66.0 Å². The third kappa shape index (κ3) is 4.14. The zero-order valence-corrected chi connectivity index (χ0v) is 19.1. The molecule has 3 heterocycles. The SMILES string of the molecule is Cc1cc(C)c(CN2CCc3c(Cl)cc([C@@H](CO)[C@@H]4CCOC4)c(Cl)c3C2=O)c(=O)[nH]1. The molecule has 0 radical (unpaired) electrons. The number of nitrogens with one attached hydrogen (secondary N) is 1. The number of aliphatic hydroxyl groups is 1. The maximum atomic E-state index is 13.5. The number of nitrogens with zero attached hydrogens (tertiary/aromatic N) is 1. The number of carbonyl (C=O) groups is 1. The number of H-pyrrole nitrogens is 1. The van der Waals surface area contributed by atoms with Crippen molar-refractivity contribution >= 4 is 29.1 Å². The minimum Gasteiger partial charge on any atom is -0.396 e. The van der Waals surface area contributed by atoms with Crippen molar-refractivity contribution in [3.63, 3.8) is 0 Å². The summed E-state index contributed by atoms with van der Waals surface area (Å²) in [5.74, 6) is -0.364. The summed E-state index contributed by atoms with van der Waals surface area (Å²) in [7, 11) is 0. The van der Waals surface area contributed by atoms with Gasteiger partial charge in [0, 0.05) is 35.3 Å². The van der Waals surface area contributed by atoms with Gasteiger partial charge in [-0.3, -0.25) is 9.59 Å². The van der Waals surface area contributed by atoms with E-state index in [4.69, 9.17) is 27.9 Å². The van der Waals surface area contributed by atoms with Crippen molar-refractivity contribution in [2.24, 2.45) is 5.92 Å². The number of carbonyl (C=O) groups excluding carboxylic acids is 1. The number of benzene rings is 1. The Labute approximate surface area is 191 Å². The van der Waals surface area contributed by atoms with Gasteiger partial charge in [-0.15, -0.1) is 0 Å². The Morgan fingerprint density at radius 3 is 2.71 bits per heavy atom. The Kier molecular flexibility index (Phi) is 6.44. The fraction of sp³-hybridized carbons (Fsp3) is 0.478. The average Bonchev–Trinajstić information content (AvgIpc) is 3.24. The molecule has 4 rings (SSSR count). The van der Waals surface area contributed by atoms with E-state index in [-0.39, 0.29) is 36.5 Å². The molecule has 0 bridgehead atoms. The van der Waals surface area contributed by atoms with E-state index in [1.807, 2.05) is 19.9 Å². The molecule has 2 aliphatic heterocycles. The zero-order chi connectivity index (χ0) is 22.3. The number of halogens is 2. The highest BCUT2D eigenvalue weighted by molar-refractivity contribution is 6.37. The predicted octanol–water partition coefficient (Wildman–Crippen LogP) is 3.61. The molecule has 2 aromatic rings. The van der Waals surface area contributed by atoms with Crippen molar-refractivity contribution in [3.8, 4) is 0 Å². The van der Waals surface area contributed by atoms with Crippen molar-refractivity contribution in [1.82, 2.24) is 9.88 Å². The van der Waals surface area contributed by atoms with Crippen LogP contribution in [0.15, 0.2) is 16.9 Å². The molecule has 1 aromatic heterocycles. The molecule has 0 saturated carbocycles. The molecule has 8 heteroatoms. The number of fused-ring (bicyclic) bond motifs is 1. The van der Waals surface area contributed by atoms with Gasteiger partial charge in [-0.1, -0.05) is 23.2 Å². The summed E-state index contributed by atoms with van der Waals surface area (Å²) in [6, 6.07) is 3.69. The number of hydrogen-bond acceptors (Lipinski definition) is 4. The second-order valence-electron chi connectivity index (χ2n) is 8.45. The average molecular weight is 465 g/mol. The minimum absolute atomic E-state index is 0.0985. The number of pyridine rings is 1. The van der Waals surface area contributed by atoms with Gasteiger partial charge in [-0.05, 0) is 61.4 Å². The van der Waals surface area contributed by atoms with Crippen LogP contribution in [0.1, 0.15) is 50.6 Å². The van der Waals surface area contributed by atoms with E-state index in [0.29, 0.717) is 52.9 Å². The second kappa shape index (κ2) is 8.94. The lowest BCUT2D eigenvalue weighted by Gasteiger charge is -2.32. The van der Waals surface area contributed by atoms with Gasteiger partial charge in [0.05, 0.1) is 30.3 Å². The fourth-order valence-electron chi connectivity index (χ4n) is 4.72. The first kappa shape index (κ1) is 22.3. The largest absolute Gasteiger partial charge is 0.396 e. The lowest BCUT2D eigenvalue weighted by atomic mass is 9.83. The molecule has 0 aliphatic carbocycles. The summed E-state index contributed by atoms with van der Waals surface area (Å²) in [5.41, 5.74) is 3.81. The van der Waals surface area contributed by atoms with Crippen LogP contribution < -0.4 is 5.56 Å². The Morgan fingerprint density at radius 1 is 1.29 bits per heavy atom. The third-order valence-corrected chi connectivity index (χ3v) is 7.20. The maximum absolute atomic E-state index is 13.5. The van der Waals surface area contributed by atoms with E-state index >= 15 is 0 Å². The molecule has 6 nitrogen and oxygen atoms in total. The van der Waals surface area contributed by atoms with Gasteiger partial charge >= 0.3 is 0 Å². The van der Waals surface area contributed by atoms with Gasteiger partial charge in [0.25, 0.3) is 11.5 Å². The van der Waals surface area contributed by atoms with Crippen LogP contribution in [0, 0.1) is 19.8 Å². The fourth-order valence-corrected chi connectivity index (χ4v) is 5.41. The van der Waals surface area contributed by atoms with E-state index < -0.39 is 0 Å². The van der Waals surface area contributed by atoms with Gasteiger partial charge in [0.1, 0.15) is 0 Å². The number of aliphatic hydroxyl groups excluding tert-OH is 1. The first-order valence-electron chi connectivity index (χ1n) is 10.5. The van der Waals surface area contributed by atoms with Gasteiger partial charge in [0.15, 0.2) is 0 Å². The van der Waals surface area contributed by atoms with Crippen LogP contribution >= 0.6 is 23.2 Å². The second-order valence-corrected chi connectivity index (χ2v) is 9.23. The molecular formula is C23H26Cl2N2O4. The number of rotatable bonds is 5. The highest BCUT2D eigenvalue weighted by Crippen LogP contribution is 2.41. The Bertz CT molecular complexity index is 1080. The van der Waals surface area contributed by atoms with Crippen LogP contribution in [-0.2, 0) is 17.7 Å². The first-order chi connectivity index (χ1) is 14.8. The van der Waals surface area contributed by atoms with Crippen LogP contribution in [0.2, 0.25) is 10.0 Å². The number of aromatic nitrogens is 1. The van der Waals surface area contributed by atoms with Crippen LogP contribution in [0.3, 0.4) is 0 Å². The smallest absolute Gasteiger partial charge is 0.256 e. The van der Waals surface area contributed by atoms with Crippen molar-refractivity contribution in [2.45, 2.75) is 39.2 Å². The highest BCUT2D eigenvalue weighted by Gasteiger charge is 2.35. The summed E-state index contributed by atoms with van der Waals surface area (Å²) in [5, 5.41) is 10.9. The molecule has 2 N–H and O–H groups in total. The van der Waals surface area contributed by atoms with Crippen LogP contribution in [0.4, 0.5) is 0 Å². The Morgan fingerprint density at radius 2 is 2.06 bits per heavy atom. The molecule has 1 aromatic carbocycles. The maximum Gasteiger partial charge on any atom is 0.256 e. The van der Waals surface area contributed by atoms with E-state index in [2.05, 4.69) is 4.98 Å². The molecule has 0 spiro atoms. The normalized spacial score (nSPS) is 19.6. The highest BCUT2D eigenvalue weighted by atomic mass is 35.5.